The van der Waals surface area contributed by atoms with Crippen LogP contribution in [0.2, 0.25) is 0 Å². The summed E-state index contributed by atoms with van der Waals surface area (Å²) in [5, 5.41) is 11.2. The molecule has 190 valence electrons. The van der Waals surface area contributed by atoms with E-state index in [1.807, 2.05) is 39.0 Å². The number of hydrogen-bond acceptors (Lipinski definition) is 6. The predicted octanol–water partition coefficient (Wildman–Crippen LogP) is 3.87. The lowest BCUT2D eigenvalue weighted by Gasteiger charge is -2.22. The van der Waals surface area contributed by atoms with Crippen molar-refractivity contribution in [1.29, 1.82) is 5.41 Å². The third kappa shape index (κ3) is 5.82. The van der Waals surface area contributed by atoms with Crippen LogP contribution in [0.4, 0.5) is 0 Å². The normalized spacial score (nSPS) is 13.0. The van der Waals surface area contributed by atoms with Crippen LogP contribution in [-0.2, 0) is 21.5 Å². The quantitative estimate of drug-likeness (QED) is 0.297. The summed E-state index contributed by atoms with van der Waals surface area (Å²) in [6.07, 6.45) is 3.17. The van der Waals surface area contributed by atoms with Crippen LogP contribution in [0.3, 0.4) is 0 Å². The topological polar surface area (TPSA) is 109 Å². The fraction of sp³-hybridized carbons (Fsp3) is 0.357. The molecule has 0 radical (unpaired) electrons. The van der Waals surface area contributed by atoms with Crippen molar-refractivity contribution in [2.75, 3.05) is 26.8 Å². The second-order valence-corrected chi connectivity index (χ2v) is 9.03. The van der Waals surface area contributed by atoms with Crippen LogP contribution >= 0.6 is 0 Å². The summed E-state index contributed by atoms with van der Waals surface area (Å²) < 4.78 is 10.6. The number of ether oxygens (including phenoxy) is 2. The molecule has 0 unspecified atom stereocenters. The highest BCUT2D eigenvalue weighted by Gasteiger charge is 2.29. The number of nitrogens with zero attached hydrogens (tertiary/aromatic N) is 1. The van der Waals surface area contributed by atoms with E-state index < -0.39 is 11.4 Å². The molecule has 2 aromatic rings. The number of hydrogen-bond donors (Lipinski definition) is 2. The maximum atomic E-state index is 13.2. The molecule has 0 fully saturated rings. The molecule has 1 heterocycles. The number of carbonyl (C=O) groups excluding carboxylic acids is 3. The number of ketones is 1. The van der Waals surface area contributed by atoms with Gasteiger partial charge < -0.3 is 19.7 Å². The Kier molecular flexibility index (Phi) is 8.29. The third-order valence-electron chi connectivity index (χ3n) is 6.10. The molecule has 0 saturated carbocycles. The van der Waals surface area contributed by atoms with E-state index in [-0.39, 0.29) is 24.1 Å². The summed E-state index contributed by atoms with van der Waals surface area (Å²) in [5.74, 6) is -0.170. The summed E-state index contributed by atoms with van der Waals surface area (Å²) in [7, 11) is 1.55. The Morgan fingerprint density at radius 2 is 1.89 bits per heavy atom. The first-order chi connectivity index (χ1) is 17.1. The van der Waals surface area contributed by atoms with Crippen LogP contribution in [0.1, 0.15) is 65.1 Å². The summed E-state index contributed by atoms with van der Waals surface area (Å²) in [4.78, 5) is 38.9. The lowest BCUT2D eigenvalue weighted by molar-refractivity contribution is -0.137. The van der Waals surface area contributed by atoms with E-state index in [1.165, 1.54) is 6.08 Å². The molecule has 36 heavy (non-hydrogen) atoms. The lowest BCUT2D eigenvalue weighted by Crippen LogP contribution is -2.30. The van der Waals surface area contributed by atoms with E-state index in [9.17, 15) is 14.4 Å². The summed E-state index contributed by atoms with van der Waals surface area (Å²) in [6, 6.07) is 10.7. The number of amidine groups is 1. The second kappa shape index (κ2) is 11.2. The summed E-state index contributed by atoms with van der Waals surface area (Å²) >= 11 is 0. The van der Waals surface area contributed by atoms with Crippen molar-refractivity contribution < 1.29 is 23.9 Å². The van der Waals surface area contributed by atoms with Gasteiger partial charge in [0.25, 0.3) is 5.91 Å². The van der Waals surface area contributed by atoms with Crippen molar-refractivity contribution in [3.05, 3.63) is 76.4 Å². The Balaban J connectivity index is 1.79. The van der Waals surface area contributed by atoms with Gasteiger partial charge in [-0.05, 0) is 43.2 Å². The highest BCUT2D eigenvalue weighted by molar-refractivity contribution is 6.07. The Morgan fingerprint density at radius 3 is 2.56 bits per heavy atom. The maximum absolute atomic E-state index is 13.2. The maximum Gasteiger partial charge on any atom is 0.330 e. The van der Waals surface area contributed by atoms with Gasteiger partial charge in [0, 0.05) is 36.2 Å². The number of rotatable bonds is 10. The standard InChI is InChI=1S/C28H33N3O5/c1-6-35-24-14-19-16-31(26(29)21(19)15-22(24)27(34)30-5)17-23(32)18-9-8-10-20(13-18)28(3,4)12-11-25(33)36-7-2/h8-15,29H,6-7,16-17H2,1-5H3,(H,30,34). The summed E-state index contributed by atoms with van der Waals surface area (Å²) in [6.45, 7) is 8.63. The lowest BCUT2D eigenvalue weighted by atomic mass is 9.83. The molecule has 2 aromatic carbocycles. The van der Waals surface area contributed by atoms with Crippen molar-refractivity contribution in [2.45, 2.75) is 39.7 Å². The van der Waals surface area contributed by atoms with Gasteiger partial charge in [0.15, 0.2) is 5.78 Å². The fourth-order valence-corrected chi connectivity index (χ4v) is 4.07. The number of fused-ring (bicyclic) bond motifs is 1. The predicted molar refractivity (Wildman–Crippen MR) is 138 cm³/mol. The molecular weight excluding hydrogens is 458 g/mol. The zero-order valence-electron chi connectivity index (χ0n) is 21.4. The van der Waals surface area contributed by atoms with Gasteiger partial charge in [-0.3, -0.25) is 15.0 Å². The van der Waals surface area contributed by atoms with E-state index in [0.717, 1.165) is 11.1 Å². The summed E-state index contributed by atoms with van der Waals surface area (Å²) in [5.41, 5.74) is 2.72. The minimum Gasteiger partial charge on any atom is -0.493 e. The van der Waals surface area contributed by atoms with E-state index in [1.54, 1.807) is 43.1 Å². The smallest absolute Gasteiger partial charge is 0.330 e. The van der Waals surface area contributed by atoms with Gasteiger partial charge in [0.2, 0.25) is 0 Å². The molecule has 8 heteroatoms. The molecule has 0 saturated heterocycles. The number of esters is 1. The van der Waals surface area contributed by atoms with Gasteiger partial charge in [-0.15, -0.1) is 0 Å². The van der Waals surface area contributed by atoms with Crippen molar-refractivity contribution >= 4 is 23.5 Å². The first-order valence-corrected chi connectivity index (χ1v) is 12.0. The van der Waals surface area contributed by atoms with E-state index in [0.29, 0.717) is 42.2 Å². The van der Waals surface area contributed by atoms with Crippen LogP contribution in [0.25, 0.3) is 0 Å². The number of amides is 1. The molecule has 0 bridgehead atoms. The minimum absolute atomic E-state index is 0.0232. The van der Waals surface area contributed by atoms with Crippen molar-refractivity contribution in [3.63, 3.8) is 0 Å². The van der Waals surface area contributed by atoms with Gasteiger partial charge in [0.05, 0.1) is 25.3 Å². The zero-order chi connectivity index (χ0) is 26.5. The molecule has 8 nitrogen and oxygen atoms in total. The number of carbonyl (C=O) groups is 3. The van der Waals surface area contributed by atoms with Crippen molar-refractivity contribution in [3.8, 4) is 5.75 Å². The molecule has 0 atom stereocenters. The van der Waals surface area contributed by atoms with Gasteiger partial charge in [-0.1, -0.05) is 38.1 Å². The molecule has 2 N–H and O–H groups in total. The van der Waals surface area contributed by atoms with Crippen LogP contribution in [0, 0.1) is 5.41 Å². The molecule has 1 amide bonds. The Morgan fingerprint density at radius 1 is 1.14 bits per heavy atom. The van der Waals surface area contributed by atoms with Gasteiger partial charge in [-0.25, -0.2) is 4.79 Å². The number of benzene rings is 2. The Hall–Kier alpha value is -3.94. The zero-order valence-corrected chi connectivity index (χ0v) is 21.4. The van der Waals surface area contributed by atoms with Crippen LogP contribution in [-0.4, -0.2) is 55.2 Å². The van der Waals surface area contributed by atoms with Crippen LogP contribution in [0.15, 0.2) is 48.6 Å². The fourth-order valence-electron chi connectivity index (χ4n) is 4.07. The first-order valence-electron chi connectivity index (χ1n) is 12.0. The first kappa shape index (κ1) is 26.7. The van der Waals surface area contributed by atoms with Crippen molar-refractivity contribution in [2.24, 2.45) is 0 Å². The van der Waals surface area contributed by atoms with E-state index in [4.69, 9.17) is 14.9 Å². The molecule has 1 aliphatic heterocycles. The SMILES string of the molecule is CCOC(=O)C=CC(C)(C)c1cccc(C(=O)CN2Cc3cc(OCC)c(C(=O)NC)cc3C2=N)c1. The second-order valence-electron chi connectivity index (χ2n) is 9.03. The number of Topliss-reactive ketones (excluding diaryl/α,β-unsaturated/α-hetero) is 1. The van der Waals surface area contributed by atoms with Crippen molar-refractivity contribution in [1.82, 2.24) is 10.2 Å². The Labute approximate surface area is 211 Å². The van der Waals surface area contributed by atoms with Gasteiger partial charge >= 0.3 is 5.97 Å². The van der Waals surface area contributed by atoms with Crippen LogP contribution in [0.5, 0.6) is 5.75 Å². The Bertz CT molecular complexity index is 1220. The average Bonchev–Trinajstić information content (AvgIpc) is 3.16. The largest absolute Gasteiger partial charge is 0.493 e. The van der Waals surface area contributed by atoms with Crippen LogP contribution < -0.4 is 10.1 Å². The molecule has 0 spiro atoms. The highest BCUT2D eigenvalue weighted by atomic mass is 16.5. The van der Waals surface area contributed by atoms with E-state index in [2.05, 4.69) is 5.32 Å². The highest BCUT2D eigenvalue weighted by Crippen LogP contribution is 2.31. The number of allylic oxidation sites excluding steroid dienone is 1. The van der Waals surface area contributed by atoms with Gasteiger partial charge in [-0.2, -0.15) is 0 Å². The average molecular weight is 492 g/mol. The molecule has 0 aliphatic carbocycles. The monoisotopic (exact) mass is 491 g/mol. The third-order valence-corrected chi connectivity index (χ3v) is 6.10. The van der Waals surface area contributed by atoms with E-state index >= 15 is 0 Å². The molecule has 0 aromatic heterocycles. The molecule has 3 rings (SSSR count). The minimum atomic E-state index is -0.494. The van der Waals surface area contributed by atoms with Gasteiger partial charge in [0.1, 0.15) is 11.6 Å². The molecule has 1 aliphatic rings. The number of nitrogens with one attached hydrogen (secondary N) is 2. The molecular formula is C28H33N3O5.